The van der Waals surface area contributed by atoms with Gasteiger partial charge in [-0.2, -0.15) is 22.0 Å². The highest BCUT2D eigenvalue weighted by Crippen LogP contribution is 2.66. The molecule has 0 aromatic heterocycles. The minimum atomic E-state index is -5.54. The quantitative estimate of drug-likeness (QED) is 0.0830. The number of alkyl halides is 5. The van der Waals surface area contributed by atoms with Crippen molar-refractivity contribution in [3.05, 3.63) is 0 Å². The summed E-state index contributed by atoms with van der Waals surface area (Å²) in [5.74, 6) is -1.86. The van der Waals surface area contributed by atoms with Gasteiger partial charge in [0.05, 0.1) is 12.2 Å². The van der Waals surface area contributed by atoms with Crippen molar-refractivity contribution < 1.29 is 41.1 Å². The molecular formula is C37H61F5O4S. The van der Waals surface area contributed by atoms with Gasteiger partial charge in [0.1, 0.15) is 17.3 Å². The third-order valence-electron chi connectivity index (χ3n) is 13.0. The van der Waals surface area contributed by atoms with Crippen molar-refractivity contribution in [1.82, 2.24) is 0 Å². The minimum absolute atomic E-state index is 0.0522. The highest BCUT2D eigenvalue weighted by molar-refractivity contribution is 7.91. The first-order valence-corrected chi connectivity index (χ1v) is 20.3. The van der Waals surface area contributed by atoms with Crippen molar-refractivity contribution in [1.29, 1.82) is 0 Å². The summed E-state index contributed by atoms with van der Waals surface area (Å²) in [6.07, 6.45) is 12.4. The van der Waals surface area contributed by atoms with E-state index in [2.05, 4.69) is 13.8 Å². The van der Waals surface area contributed by atoms with Gasteiger partial charge in [0.2, 0.25) is 0 Å². The van der Waals surface area contributed by atoms with E-state index in [9.17, 15) is 36.4 Å². The summed E-state index contributed by atoms with van der Waals surface area (Å²) in [5.41, 5.74) is 0.115. The Labute approximate surface area is 283 Å². The first-order chi connectivity index (χ1) is 22.2. The first-order valence-electron chi connectivity index (χ1n) is 18.8. The number of ketones is 1. The van der Waals surface area contributed by atoms with Crippen LogP contribution in [0.5, 0.6) is 0 Å². The lowest BCUT2D eigenvalue weighted by atomic mass is 9.44. The molecule has 4 aliphatic carbocycles. The number of Topliss-reactive ketones (excluding diaryl/α,β-unsaturated/α-hetero) is 1. The Balaban J connectivity index is 1.04. The zero-order valence-corrected chi connectivity index (χ0v) is 29.7. The minimum Gasteiger partial charge on any atom is -0.616 e. The van der Waals surface area contributed by atoms with Gasteiger partial charge in [0.15, 0.2) is 0 Å². The summed E-state index contributed by atoms with van der Waals surface area (Å²) in [6, 6.07) is 0. The molecule has 4 rings (SSSR count). The van der Waals surface area contributed by atoms with E-state index in [1.807, 2.05) is 0 Å². The molecule has 10 heteroatoms. The van der Waals surface area contributed by atoms with Crippen LogP contribution < -0.4 is 0 Å². The van der Waals surface area contributed by atoms with Crippen molar-refractivity contribution in [2.45, 2.75) is 173 Å². The van der Waals surface area contributed by atoms with Crippen LogP contribution in [-0.4, -0.2) is 57.9 Å². The first kappa shape index (κ1) is 39.3. The topological polar surface area (TPSA) is 69.6 Å². The van der Waals surface area contributed by atoms with Gasteiger partial charge in [-0.05, 0) is 98.7 Å². The summed E-state index contributed by atoms with van der Waals surface area (Å²) in [4.78, 5) is 12.4. The Morgan fingerprint density at radius 1 is 0.830 bits per heavy atom. The third-order valence-corrected chi connectivity index (χ3v) is 14.5. The molecule has 0 aliphatic heterocycles. The van der Waals surface area contributed by atoms with E-state index < -0.39 is 29.7 Å². The fourth-order valence-corrected chi connectivity index (χ4v) is 11.4. The Morgan fingerprint density at radius 3 is 2.06 bits per heavy atom. The number of hydrogen-bond donors (Lipinski definition) is 1. The van der Waals surface area contributed by atoms with Gasteiger partial charge >= 0.3 is 12.1 Å². The molecule has 9 atom stereocenters. The molecule has 4 fully saturated rings. The van der Waals surface area contributed by atoms with Crippen LogP contribution in [0, 0.1) is 34.5 Å². The summed E-state index contributed by atoms with van der Waals surface area (Å²) in [6.45, 7) is 5.54. The van der Waals surface area contributed by atoms with Crippen LogP contribution in [0.15, 0.2) is 0 Å². The van der Waals surface area contributed by atoms with Crippen LogP contribution >= 0.6 is 0 Å². The molecule has 1 N–H and O–H groups in total. The van der Waals surface area contributed by atoms with Crippen LogP contribution in [0.1, 0.15) is 149 Å². The molecule has 0 bridgehead atoms. The number of ether oxygens (including phenoxy) is 1. The number of unbranched alkanes of at least 4 members (excludes halogenated alkanes) is 10. The largest absolute Gasteiger partial charge is 0.616 e. The molecule has 4 nitrogen and oxygen atoms in total. The molecule has 0 radical (unpaired) electrons. The number of carbonyl (C=O) groups excluding carboxylic acids is 1. The maximum atomic E-state index is 12.9. The molecule has 1 unspecified atom stereocenters. The number of carbonyl (C=O) groups is 1. The lowest BCUT2D eigenvalue weighted by molar-refractivity contribution is -0.284. The number of aliphatic hydroxyl groups excluding tert-OH is 1. The van der Waals surface area contributed by atoms with Crippen LogP contribution in [0.4, 0.5) is 22.0 Å². The molecule has 4 aliphatic rings. The normalized spacial score (nSPS) is 35.0. The van der Waals surface area contributed by atoms with Gasteiger partial charge < -0.3 is 14.4 Å². The van der Waals surface area contributed by atoms with Crippen LogP contribution in [0.3, 0.4) is 0 Å². The average Bonchev–Trinajstić information content (AvgIpc) is 3.30. The third kappa shape index (κ3) is 9.87. The number of aliphatic hydroxyl groups is 1. The summed E-state index contributed by atoms with van der Waals surface area (Å²) >= 11 is -1.34. The number of halogens is 5. The van der Waals surface area contributed by atoms with Crippen molar-refractivity contribution in [2.24, 2.45) is 34.5 Å². The molecule has 0 heterocycles. The van der Waals surface area contributed by atoms with Gasteiger partial charge in [0, 0.05) is 25.9 Å². The fourth-order valence-electron chi connectivity index (χ4n) is 10.2. The molecule has 0 saturated heterocycles. The maximum Gasteiger partial charge on any atom is 0.453 e. The Bertz CT molecular complexity index is 981. The van der Waals surface area contributed by atoms with Gasteiger partial charge in [-0.3, -0.25) is 4.79 Å². The van der Waals surface area contributed by atoms with Crippen LogP contribution in [0.25, 0.3) is 0 Å². The smallest absolute Gasteiger partial charge is 0.453 e. The highest BCUT2D eigenvalue weighted by Gasteiger charge is 2.63. The van der Waals surface area contributed by atoms with E-state index in [0.717, 1.165) is 83.7 Å². The molecule has 0 spiro atoms. The van der Waals surface area contributed by atoms with E-state index in [4.69, 9.17) is 4.74 Å². The van der Waals surface area contributed by atoms with Crippen LogP contribution in [-0.2, 0) is 20.7 Å². The second-order valence-corrected chi connectivity index (χ2v) is 17.8. The van der Waals surface area contributed by atoms with Crippen molar-refractivity contribution in [2.75, 3.05) is 18.1 Å². The standard InChI is InChI=1S/C37H61F5O4S/c1-34-21-19-28(43)25-27(34)15-16-29-30-17-18-32(44)35(30,2)26-31(33(29)34)46-22-12-10-8-6-4-3-5-7-9-11-13-23-47(45)24-14-20-36(38,39)37(40,41)42/h27,29-33,44H,3-26H2,1-2H3/t27-,29-,30-,31-,32-,33+,34-,35-,47?/m0/s1. The summed E-state index contributed by atoms with van der Waals surface area (Å²) in [5, 5.41) is 11.0. The fraction of sp³-hybridized carbons (Fsp3) is 0.973. The molecule has 47 heavy (non-hydrogen) atoms. The van der Waals surface area contributed by atoms with E-state index in [-0.39, 0.29) is 35.2 Å². The molecule has 274 valence electrons. The van der Waals surface area contributed by atoms with Gasteiger partial charge in [-0.1, -0.05) is 76.4 Å². The number of fused-ring (bicyclic) bond motifs is 5. The van der Waals surface area contributed by atoms with Gasteiger partial charge in [-0.15, -0.1) is 0 Å². The lowest BCUT2D eigenvalue weighted by Gasteiger charge is -2.62. The second kappa shape index (κ2) is 17.2. The maximum absolute atomic E-state index is 12.9. The molecule has 4 saturated carbocycles. The van der Waals surface area contributed by atoms with Crippen molar-refractivity contribution in [3.63, 3.8) is 0 Å². The highest BCUT2D eigenvalue weighted by atomic mass is 32.2. The number of rotatable bonds is 19. The molecule has 0 amide bonds. The average molecular weight is 697 g/mol. The second-order valence-electron chi connectivity index (χ2n) is 16.1. The van der Waals surface area contributed by atoms with E-state index in [1.54, 1.807) is 0 Å². The Kier molecular flexibility index (Phi) is 14.4. The summed E-state index contributed by atoms with van der Waals surface area (Å²) in [7, 11) is 0. The monoisotopic (exact) mass is 696 g/mol. The zero-order valence-electron chi connectivity index (χ0n) is 28.9. The van der Waals surface area contributed by atoms with E-state index >= 15 is 0 Å². The van der Waals surface area contributed by atoms with Crippen molar-refractivity contribution >= 4 is 17.0 Å². The predicted octanol–water partition coefficient (Wildman–Crippen LogP) is 9.97. The molecule has 0 aromatic rings. The van der Waals surface area contributed by atoms with E-state index in [0.29, 0.717) is 48.0 Å². The zero-order chi connectivity index (χ0) is 34.3. The molecular weight excluding hydrogens is 635 g/mol. The van der Waals surface area contributed by atoms with Crippen LogP contribution in [0.2, 0.25) is 0 Å². The number of hydrogen-bond acceptors (Lipinski definition) is 4. The van der Waals surface area contributed by atoms with Gasteiger partial charge in [0.25, 0.3) is 0 Å². The predicted molar refractivity (Wildman–Crippen MR) is 177 cm³/mol. The lowest BCUT2D eigenvalue weighted by Crippen LogP contribution is -2.60. The molecule has 0 aromatic carbocycles. The van der Waals surface area contributed by atoms with E-state index in [1.165, 1.54) is 32.1 Å². The Morgan fingerprint density at radius 2 is 1.43 bits per heavy atom. The van der Waals surface area contributed by atoms with Gasteiger partial charge in [-0.25, -0.2) is 0 Å². The summed E-state index contributed by atoms with van der Waals surface area (Å²) < 4.78 is 81.2. The SMILES string of the molecule is C[C@]12CCC(=O)C[C@@H]1CC[C@@H]1[C@@H]2[C@@H](OCCCCCCCCCCCCC[S+]([O-])CCCC(F)(F)C(F)(F)F)C[C@]2(C)[C@@H](O)CC[C@@H]12. The Hall–Kier alpha value is -0.450. The van der Waals surface area contributed by atoms with Crippen molar-refractivity contribution in [3.8, 4) is 0 Å².